The summed E-state index contributed by atoms with van der Waals surface area (Å²) in [6, 6.07) is 11.7. The van der Waals surface area contributed by atoms with Gasteiger partial charge in [-0.3, -0.25) is 9.59 Å². The standard InChI is InChI=1S/C22H25ClN2O5S/c1-15(2)14-20(22(27)30-3)25-31(28,29)19-11-9-18(10-12-19)24-21(26)13-6-16-4-7-17(23)8-5-16/h4-13,15,20,25H,14H2,1-3H3,(H,24,26)/b13-6+/t20-/m0/s1. The van der Waals surface area contributed by atoms with Gasteiger partial charge in [0.2, 0.25) is 15.9 Å². The summed E-state index contributed by atoms with van der Waals surface area (Å²) >= 11 is 5.83. The molecule has 0 spiro atoms. The fourth-order valence-electron chi connectivity index (χ4n) is 2.71. The van der Waals surface area contributed by atoms with Crippen LogP contribution < -0.4 is 10.0 Å². The van der Waals surface area contributed by atoms with Gasteiger partial charge in [0.05, 0.1) is 12.0 Å². The van der Waals surface area contributed by atoms with E-state index in [1.54, 1.807) is 30.3 Å². The van der Waals surface area contributed by atoms with Crippen LogP contribution >= 0.6 is 11.6 Å². The number of ether oxygens (including phenoxy) is 1. The number of carbonyl (C=O) groups is 2. The molecule has 2 aromatic rings. The van der Waals surface area contributed by atoms with Gasteiger partial charge in [-0.15, -0.1) is 0 Å². The molecule has 0 bridgehead atoms. The summed E-state index contributed by atoms with van der Waals surface area (Å²) in [4.78, 5) is 24.0. The van der Waals surface area contributed by atoms with E-state index in [1.165, 1.54) is 37.5 Å². The Kier molecular flexibility index (Phi) is 8.79. The second kappa shape index (κ2) is 11.1. The number of anilines is 1. The number of amides is 1. The third kappa shape index (κ3) is 7.82. The van der Waals surface area contributed by atoms with E-state index < -0.39 is 22.0 Å². The largest absolute Gasteiger partial charge is 0.468 e. The third-order valence-corrected chi connectivity index (χ3v) is 5.96. The van der Waals surface area contributed by atoms with Crippen LogP contribution in [-0.2, 0) is 24.3 Å². The molecule has 166 valence electrons. The smallest absolute Gasteiger partial charge is 0.323 e. The third-order valence-electron chi connectivity index (χ3n) is 4.22. The average Bonchev–Trinajstić information content (AvgIpc) is 2.72. The molecule has 1 atom stereocenters. The van der Waals surface area contributed by atoms with Crippen molar-refractivity contribution in [3.05, 3.63) is 65.2 Å². The van der Waals surface area contributed by atoms with E-state index in [1.807, 2.05) is 13.8 Å². The predicted octanol–water partition coefficient (Wildman–Crippen LogP) is 3.86. The number of nitrogens with one attached hydrogen (secondary N) is 2. The van der Waals surface area contributed by atoms with E-state index in [9.17, 15) is 18.0 Å². The zero-order chi connectivity index (χ0) is 23.0. The Hall–Kier alpha value is -2.68. The van der Waals surface area contributed by atoms with Crippen LogP contribution in [0.2, 0.25) is 5.02 Å². The Morgan fingerprint density at radius 3 is 2.23 bits per heavy atom. The Labute approximate surface area is 187 Å². The number of halogens is 1. The highest BCUT2D eigenvalue weighted by atomic mass is 35.5. The van der Waals surface area contributed by atoms with Crippen molar-refractivity contribution in [2.24, 2.45) is 5.92 Å². The van der Waals surface area contributed by atoms with Gasteiger partial charge in [-0.1, -0.05) is 37.6 Å². The first kappa shape index (κ1) is 24.6. The highest BCUT2D eigenvalue weighted by Crippen LogP contribution is 2.17. The molecule has 7 nitrogen and oxygen atoms in total. The Morgan fingerprint density at radius 1 is 1.06 bits per heavy atom. The van der Waals surface area contributed by atoms with E-state index in [2.05, 4.69) is 10.0 Å². The first-order valence-electron chi connectivity index (χ1n) is 9.55. The molecule has 0 radical (unpaired) electrons. The fourth-order valence-corrected chi connectivity index (χ4v) is 4.03. The van der Waals surface area contributed by atoms with Crippen molar-refractivity contribution in [1.29, 1.82) is 0 Å². The lowest BCUT2D eigenvalue weighted by Gasteiger charge is -2.18. The fraction of sp³-hybridized carbons (Fsp3) is 0.273. The highest BCUT2D eigenvalue weighted by molar-refractivity contribution is 7.89. The van der Waals surface area contributed by atoms with Gasteiger partial charge in [-0.25, -0.2) is 8.42 Å². The normalized spacial score (nSPS) is 12.7. The zero-order valence-corrected chi connectivity index (χ0v) is 19.0. The zero-order valence-electron chi connectivity index (χ0n) is 17.5. The van der Waals surface area contributed by atoms with Gasteiger partial charge in [0.25, 0.3) is 0 Å². The molecule has 0 unspecified atom stereocenters. The van der Waals surface area contributed by atoms with Crippen LogP contribution in [0.4, 0.5) is 5.69 Å². The van der Waals surface area contributed by atoms with Crippen molar-refractivity contribution in [3.63, 3.8) is 0 Å². The van der Waals surface area contributed by atoms with E-state index in [4.69, 9.17) is 16.3 Å². The van der Waals surface area contributed by atoms with Crippen LogP contribution in [0.15, 0.2) is 59.5 Å². The number of methoxy groups -OCH3 is 1. The molecule has 0 fully saturated rings. The molecule has 2 aromatic carbocycles. The van der Waals surface area contributed by atoms with Crippen molar-refractivity contribution in [2.75, 3.05) is 12.4 Å². The second-order valence-electron chi connectivity index (χ2n) is 7.23. The monoisotopic (exact) mass is 464 g/mol. The maximum Gasteiger partial charge on any atom is 0.323 e. The van der Waals surface area contributed by atoms with Gasteiger partial charge >= 0.3 is 5.97 Å². The van der Waals surface area contributed by atoms with Crippen LogP contribution in [0.5, 0.6) is 0 Å². The van der Waals surface area contributed by atoms with E-state index in [-0.39, 0.29) is 16.7 Å². The molecule has 0 aliphatic rings. The summed E-state index contributed by atoms with van der Waals surface area (Å²) in [5.74, 6) is -0.926. The number of esters is 1. The summed E-state index contributed by atoms with van der Waals surface area (Å²) in [5, 5.41) is 3.26. The van der Waals surface area contributed by atoms with Crippen molar-refractivity contribution in [2.45, 2.75) is 31.2 Å². The van der Waals surface area contributed by atoms with E-state index in [0.717, 1.165) is 5.56 Å². The first-order chi connectivity index (χ1) is 14.6. The number of benzene rings is 2. The van der Waals surface area contributed by atoms with Crippen molar-refractivity contribution in [1.82, 2.24) is 4.72 Å². The lowest BCUT2D eigenvalue weighted by atomic mass is 10.1. The lowest BCUT2D eigenvalue weighted by Crippen LogP contribution is -2.42. The SMILES string of the molecule is COC(=O)[C@H](CC(C)C)NS(=O)(=O)c1ccc(NC(=O)/C=C/c2ccc(Cl)cc2)cc1. The molecule has 9 heteroatoms. The van der Waals surface area contributed by atoms with Crippen LogP contribution in [0.1, 0.15) is 25.8 Å². The molecule has 0 saturated carbocycles. The Morgan fingerprint density at radius 2 is 1.68 bits per heavy atom. The molecule has 2 rings (SSSR count). The van der Waals surface area contributed by atoms with Crippen molar-refractivity contribution in [3.8, 4) is 0 Å². The highest BCUT2D eigenvalue weighted by Gasteiger charge is 2.27. The minimum absolute atomic E-state index is 0.0279. The minimum atomic E-state index is -3.94. The molecule has 31 heavy (non-hydrogen) atoms. The predicted molar refractivity (Wildman–Crippen MR) is 121 cm³/mol. The summed E-state index contributed by atoms with van der Waals surface area (Å²) in [5.41, 5.74) is 1.24. The molecule has 0 aliphatic heterocycles. The number of rotatable bonds is 9. The van der Waals surface area contributed by atoms with Gasteiger partial charge in [0.1, 0.15) is 6.04 Å². The van der Waals surface area contributed by atoms with Crippen LogP contribution in [-0.4, -0.2) is 33.4 Å². The minimum Gasteiger partial charge on any atom is -0.468 e. The number of carbonyl (C=O) groups excluding carboxylic acids is 2. The molecular formula is C22H25ClN2O5S. The molecule has 1 amide bonds. The number of sulfonamides is 1. The van der Waals surface area contributed by atoms with Crippen molar-refractivity contribution < 1.29 is 22.7 Å². The summed E-state index contributed by atoms with van der Waals surface area (Å²) < 4.78 is 32.3. The van der Waals surface area contributed by atoms with Crippen LogP contribution in [0.3, 0.4) is 0 Å². The Bertz CT molecular complexity index is 1030. The van der Waals surface area contributed by atoms with Gasteiger partial charge in [0, 0.05) is 16.8 Å². The average molecular weight is 465 g/mol. The molecule has 0 heterocycles. The molecule has 0 saturated heterocycles. The Balaban J connectivity index is 2.04. The topological polar surface area (TPSA) is 102 Å². The summed E-state index contributed by atoms with van der Waals surface area (Å²) in [7, 11) is -2.73. The molecule has 0 aliphatic carbocycles. The van der Waals surface area contributed by atoms with Crippen LogP contribution in [0, 0.1) is 5.92 Å². The molecule has 0 aromatic heterocycles. The summed E-state index contributed by atoms with van der Waals surface area (Å²) in [6.45, 7) is 3.76. The lowest BCUT2D eigenvalue weighted by molar-refractivity contribution is -0.143. The quantitative estimate of drug-likeness (QED) is 0.433. The van der Waals surface area contributed by atoms with Crippen LogP contribution in [0.25, 0.3) is 6.08 Å². The number of hydrogen-bond acceptors (Lipinski definition) is 5. The maximum absolute atomic E-state index is 12.6. The number of hydrogen-bond donors (Lipinski definition) is 2. The first-order valence-corrected chi connectivity index (χ1v) is 11.4. The second-order valence-corrected chi connectivity index (χ2v) is 9.38. The molecular weight excluding hydrogens is 440 g/mol. The van der Waals surface area contributed by atoms with E-state index in [0.29, 0.717) is 17.1 Å². The van der Waals surface area contributed by atoms with Gasteiger partial charge in [-0.2, -0.15) is 4.72 Å². The summed E-state index contributed by atoms with van der Waals surface area (Å²) in [6.07, 6.45) is 3.30. The van der Waals surface area contributed by atoms with Crippen molar-refractivity contribution >= 4 is 45.3 Å². The molecule has 2 N–H and O–H groups in total. The van der Waals surface area contributed by atoms with Gasteiger partial charge < -0.3 is 10.1 Å². The maximum atomic E-state index is 12.6. The van der Waals surface area contributed by atoms with Gasteiger partial charge in [0.15, 0.2) is 0 Å². The van der Waals surface area contributed by atoms with Gasteiger partial charge in [-0.05, 0) is 60.4 Å². The van der Waals surface area contributed by atoms with E-state index >= 15 is 0 Å².